The SMILES string of the molecule is CC(C)c1ccc2c(c1)C=CC(C1=C(O)C=CC1=O)N2. The van der Waals surface area contributed by atoms with Crippen molar-refractivity contribution in [2.75, 3.05) is 5.32 Å². The van der Waals surface area contributed by atoms with Crippen molar-refractivity contribution in [2.24, 2.45) is 0 Å². The second kappa shape index (κ2) is 4.67. The standard InChI is InChI=1S/C17H17NO2/c1-10(2)11-3-5-13-12(9-11)4-6-14(18-13)17-15(19)7-8-16(17)20/h3-10,14,18-19H,1-2H3. The Morgan fingerprint density at radius 2 is 2.00 bits per heavy atom. The lowest BCUT2D eigenvalue weighted by molar-refractivity contribution is -0.111. The number of hydrogen-bond donors (Lipinski definition) is 2. The molecule has 1 aromatic rings. The molecule has 0 bridgehead atoms. The van der Waals surface area contributed by atoms with Gasteiger partial charge in [-0.2, -0.15) is 0 Å². The van der Waals surface area contributed by atoms with Gasteiger partial charge in [-0.15, -0.1) is 0 Å². The third-order valence-electron chi connectivity index (χ3n) is 3.77. The van der Waals surface area contributed by atoms with E-state index < -0.39 is 0 Å². The van der Waals surface area contributed by atoms with Crippen LogP contribution >= 0.6 is 0 Å². The van der Waals surface area contributed by atoms with Crippen LogP contribution in [-0.4, -0.2) is 16.9 Å². The molecule has 2 aliphatic rings. The van der Waals surface area contributed by atoms with Gasteiger partial charge in [0.2, 0.25) is 0 Å². The molecule has 0 radical (unpaired) electrons. The van der Waals surface area contributed by atoms with Crippen LogP contribution in [0.15, 0.2) is 47.8 Å². The first kappa shape index (κ1) is 12.7. The molecule has 2 N–H and O–H groups in total. The minimum atomic E-state index is -0.269. The van der Waals surface area contributed by atoms with Crippen molar-refractivity contribution in [3.63, 3.8) is 0 Å². The van der Waals surface area contributed by atoms with Crippen molar-refractivity contribution in [3.05, 3.63) is 58.9 Å². The molecule has 0 fully saturated rings. The van der Waals surface area contributed by atoms with Gasteiger partial charge in [-0.25, -0.2) is 0 Å². The van der Waals surface area contributed by atoms with E-state index in [1.165, 1.54) is 17.7 Å². The highest BCUT2D eigenvalue weighted by Gasteiger charge is 2.26. The maximum Gasteiger partial charge on any atom is 0.188 e. The second-order valence-electron chi connectivity index (χ2n) is 5.48. The molecule has 3 nitrogen and oxygen atoms in total. The number of aliphatic hydroxyl groups excluding tert-OH is 1. The fourth-order valence-corrected chi connectivity index (χ4v) is 2.57. The van der Waals surface area contributed by atoms with E-state index in [1.54, 1.807) is 0 Å². The lowest BCUT2D eigenvalue weighted by Gasteiger charge is -2.24. The molecule has 3 rings (SSSR count). The summed E-state index contributed by atoms with van der Waals surface area (Å²) in [6.45, 7) is 4.33. The van der Waals surface area contributed by atoms with Crippen LogP contribution in [0.1, 0.15) is 30.9 Å². The van der Waals surface area contributed by atoms with E-state index in [0.717, 1.165) is 11.3 Å². The third kappa shape index (κ3) is 2.05. The van der Waals surface area contributed by atoms with Crippen LogP contribution in [0.2, 0.25) is 0 Å². The third-order valence-corrected chi connectivity index (χ3v) is 3.77. The first-order valence-electron chi connectivity index (χ1n) is 6.80. The van der Waals surface area contributed by atoms with Gasteiger partial charge in [0.15, 0.2) is 5.78 Å². The zero-order valence-corrected chi connectivity index (χ0v) is 11.6. The number of carbonyl (C=O) groups is 1. The summed E-state index contributed by atoms with van der Waals surface area (Å²) in [4.78, 5) is 11.8. The number of ketones is 1. The highest BCUT2D eigenvalue weighted by molar-refractivity contribution is 6.09. The summed E-state index contributed by atoms with van der Waals surface area (Å²) in [5, 5.41) is 13.1. The molecule has 0 aromatic heterocycles. The fraction of sp³-hybridized carbons (Fsp3) is 0.235. The van der Waals surface area contributed by atoms with E-state index >= 15 is 0 Å². The smallest absolute Gasteiger partial charge is 0.188 e. The first-order chi connectivity index (χ1) is 9.56. The van der Waals surface area contributed by atoms with Crippen molar-refractivity contribution >= 4 is 17.5 Å². The molecule has 1 aromatic carbocycles. The van der Waals surface area contributed by atoms with Gasteiger partial charge >= 0.3 is 0 Å². The molecule has 0 spiro atoms. The summed E-state index contributed by atoms with van der Waals surface area (Å²) in [7, 11) is 0. The van der Waals surface area contributed by atoms with Crippen LogP contribution in [0.25, 0.3) is 6.08 Å². The molecule has 0 saturated heterocycles. The average Bonchev–Trinajstić information content (AvgIpc) is 2.77. The largest absolute Gasteiger partial charge is 0.507 e. The summed E-state index contributed by atoms with van der Waals surface area (Å²) in [6.07, 6.45) is 6.78. The Hall–Kier alpha value is -2.29. The van der Waals surface area contributed by atoms with Crippen LogP contribution in [0.3, 0.4) is 0 Å². The lowest BCUT2D eigenvalue weighted by Crippen LogP contribution is -2.26. The van der Waals surface area contributed by atoms with Crippen molar-refractivity contribution in [2.45, 2.75) is 25.8 Å². The monoisotopic (exact) mass is 267 g/mol. The zero-order chi connectivity index (χ0) is 14.3. The van der Waals surface area contributed by atoms with E-state index in [9.17, 15) is 9.90 Å². The molecular formula is C17H17NO2. The molecule has 1 atom stereocenters. The number of benzene rings is 1. The fourth-order valence-electron chi connectivity index (χ4n) is 2.57. The Balaban J connectivity index is 1.92. The molecule has 1 aliphatic carbocycles. The maximum atomic E-state index is 11.8. The summed E-state index contributed by atoms with van der Waals surface area (Å²) in [5.41, 5.74) is 3.81. The molecule has 1 unspecified atom stereocenters. The van der Waals surface area contributed by atoms with Gasteiger partial charge in [0.05, 0.1) is 11.6 Å². The van der Waals surface area contributed by atoms with Crippen LogP contribution in [0.5, 0.6) is 0 Å². The van der Waals surface area contributed by atoms with Gasteiger partial charge in [0.1, 0.15) is 5.76 Å². The van der Waals surface area contributed by atoms with Gasteiger partial charge in [-0.05, 0) is 41.3 Å². The number of nitrogens with one attached hydrogen (secondary N) is 1. The topological polar surface area (TPSA) is 49.3 Å². The van der Waals surface area contributed by atoms with E-state index in [0.29, 0.717) is 11.5 Å². The highest BCUT2D eigenvalue weighted by Crippen LogP contribution is 2.30. The summed E-state index contributed by atoms with van der Waals surface area (Å²) < 4.78 is 0. The van der Waals surface area contributed by atoms with E-state index in [4.69, 9.17) is 0 Å². The van der Waals surface area contributed by atoms with E-state index in [1.807, 2.05) is 18.2 Å². The normalized spacial score (nSPS) is 20.6. The van der Waals surface area contributed by atoms with Crippen LogP contribution < -0.4 is 5.32 Å². The predicted molar refractivity (Wildman–Crippen MR) is 80.8 cm³/mol. The first-order valence-corrected chi connectivity index (χ1v) is 6.80. The Morgan fingerprint density at radius 3 is 2.65 bits per heavy atom. The zero-order valence-electron chi connectivity index (χ0n) is 11.6. The van der Waals surface area contributed by atoms with E-state index in [-0.39, 0.29) is 17.6 Å². The van der Waals surface area contributed by atoms with Gasteiger partial charge in [-0.3, -0.25) is 4.79 Å². The van der Waals surface area contributed by atoms with Crippen molar-refractivity contribution < 1.29 is 9.90 Å². The number of carbonyl (C=O) groups excluding carboxylic acids is 1. The quantitative estimate of drug-likeness (QED) is 0.861. The molecule has 102 valence electrons. The molecule has 20 heavy (non-hydrogen) atoms. The van der Waals surface area contributed by atoms with Gasteiger partial charge in [0, 0.05) is 5.69 Å². The predicted octanol–water partition coefficient (Wildman–Crippen LogP) is 3.57. The van der Waals surface area contributed by atoms with Crippen LogP contribution in [0.4, 0.5) is 5.69 Å². The van der Waals surface area contributed by atoms with Crippen molar-refractivity contribution in [3.8, 4) is 0 Å². The Labute approximate surface area is 118 Å². The molecule has 0 amide bonds. The molecule has 1 heterocycles. The highest BCUT2D eigenvalue weighted by atomic mass is 16.3. The lowest BCUT2D eigenvalue weighted by atomic mass is 9.94. The summed E-state index contributed by atoms with van der Waals surface area (Å²) in [6, 6.07) is 6.01. The van der Waals surface area contributed by atoms with E-state index in [2.05, 4.69) is 31.3 Å². The number of anilines is 1. The minimum absolute atomic E-state index is 0.0550. The number of fused-ring (bicyclic) bond motifs is 1. The number of allylic oxidation sites excluding steroid dienone is 2. The van der Waals surface area contributed by atoms with Crippen molar-refractivity contribution in [1.82, 2.24) is 0 Å². The van der Waals surface area contributed by atoms with Crippen molar-refractivity contribution in [1.29, 1.82) is 0 Å². The van der Waals surface area contributed by atoms with Gasteiger partial charge in [-0.1, -0.05) is 32.1 Å². The second-order valence-corrected chi connectivity index (χ2v) is 5.48. The Morgan fingerprint density at radius 1 is 1.20 bits per heavy atom. The molecule has 1 aliphatic heterocycles. The number of aliphatic hydroxyl groups is 1. The van der Waals surface area contributed by atoms with Crippen LogP contribution in [-0.2, 0) is 4.79 Å². The number of hydrogen-bond acceptors (Lipinski definition) is 3. The summed E-state index contributed by atoms with van der Waals surface area (Å²) >= 11 is 0. The number of rotatable bonds is 2. The summed E-state index contributed by atoms with van der Waals surface area (Å²) in [5.74, 6) is 0.407. The molecule has 3 heteroatoms. The Bertz CT molecular complexity index is 666. The maximum absolute atomic E-state index is 11.8. The Kier molecular flexibility index (Phi) is 2.97. The minimum Gasteiger partial charge on any atom is -0.507 e. The molecule has 0 saturated carbocycles. The average molecular weight is 267 g/mol. The van der Waals surface area contributed by atoms with Gasteiger partial charge in [0.25, 0.3) is 0 Å². The molecular weight excluding hydrogens is 250 g/mol. The van der Waals surface area contributed by atoms with Crippen LogP contribution in [0, 0.1) is 0 Å². The van der Waals surface area contributed by atoms with Gasteiger partial charge < -0.3 is 10.4 Å².